The Labute approximate surface area is 141 Å². The summed E-state index contributed by atoms with van der Waals surface area (Å²) in [5.74, 6) is 1.76. The maximum absolute atomic E-state index is 12.4. The molecule has 2 N–H and O–H groups in total. The first-order chi connectivity index (χ1) is 11.6. The van der Waals surface area contributed by atoms with Gasteiger partial charge in [-0.1, -0.05) is 18.2 Å². The summed E-state index contributed by atoms with van der Waals surface area (Å²) in [7, 11) is 0. The van der Waals surface area contributed by atoms with E-state index in [0.29, 0.717) is 24.8 Å². The van der Waals surface area contributed by atoms with E-state index in [1.807, 2.05) is 37.4 Å². The zero-order valence-electron chi connectivity index (χ0n) is 13.8. The van der Waals surface area contributed by atoms with Crippen molar-refractivity contribution in [2.75, 3.05) is 19.7 Å². The number of nitrogens with one attached hydrogen (secondary N) is 1. The summed E-state index contributed by atoms with van der Waals surface area (Å²) < 4.78 is 5.58. The number of aromatic amines is 1. The van der Waals surface area contributed by atoms with E-state index in [0.717, 1.165) is 24.2 Å². The average Bonchev–Trinajstić information content (AvgIpc) is 3.15. The first-order valence-electron chi connectivity index (χ1n) is 8.29. The van der Waals surface area contributed by atoms with Crippen LogP contribution in [0, 0.1) is 6.92 Å². The second-order valence-corrected chi connectivity index (χ2v) is 6.17. The number of likely N-dealkylation sites (tertiary alicyclic amines) is 1. The highest BCUT2D eigenvalue weighted by molar-refractivity contribution is 5.81. The normalized spacial score (nSPS) is 16.8. The van der Waals surface area contributed by atoms with Crippen molar-refractivity contribution in [2.45, 2.75) is 31.8 Å². The maximum Gasteiger partial charge on any atom is 0.254 e. The van der Waals surface area contributed by atoms with Gasteiger partial charge in [0.15, 0.2) is 6.10 Å². The van der Waals surface area contributed by atoms with Gasteiger partial charge in [0, 0.05) is 31.4 Å². The molecule has 1 atom stereocenters. The van der Waals surface area contributed by atoms with Crippen molar-refractivity contribution < 1.29 is 14.6 Å². The lowest BCUT2D eigenvalue weighted by Gasteiger charge is -2.32. The monoisotopic (exact) mass is 329 g/mol. The number of benzene rings is 1. The van der Waals surface area contributed by atoms with Gasteiger partial charge in [-0.15, -0.1) is 0 Å². The SMILES string of the molecule is Cc1ccccc1OC[C@H](O)C(=O)N1CCC(c2ncc[nH]2)CC1. The van der Waals surface area contributed by atoms with E-state index >= 15 is 0 Å². The number of carbonyl (C=O) groups is 1. The van der Waals surface area contributed by atoms with Gasteiger partial charge < -0.3 is 19.7 Å². The number of carbonyl (C=O) groups excluding carboxylic acids is 1. The van der Waals surface area contributed by atoms with E-state index in [4.69, 9.17) is 4.74 Å². The summed E-state index contributed by atoms with van der Waals surface area (Å²) in [6, 6.07) is 7.56. The maximum atomic E-state index is 12.4. The third-order valence-electron chi connectivity index (χ3n) is 4.49. The number of aliphatic hydroxyl groups excluding tert-OH is 1. The third kappa shape index (κ3) is 3.76. The number of aryl methyl sites for hydroxylation is 1. The lowest BCUT2D eigenvalue weighted by Crippen LogP contribution is -2.45. The second-order valence-electron chi connectivity index (χ2n) is 6.17. The zero-order chi connectivity index (χ0) is 16.9. The van der Waals surface area contributed by atoms with E-state index in [2.05, 4.69) is 9.97 Å². The molecule has 1 fully saturated rings. The van der Waals surface area contributed by atoms with Crippen molar-refractivity contribution in [2.24, 2.45) is 0 Å². The molecular weight excluding hydrogens is 306 g/mol. The van der Waals surface area contributed by atoms with Gasteiger partial charge in [0.2, 0.25) is 0 Å². The summed E-state index contributed by atoms with van der Waals surface area (Å²) in [5.41, 5.74) is 0.983. The van der Waals surface area contributed by atoms with Gasteiger partial charge in [-0.25, -0.2) is 4.98 Å². The Bertz CT molecular complexity index is 664. The highest BCUT2D eigenvalue weighted by Crippen LogP contribution is 2.25. The Kier molecular flexibility index (Phi) is 5.15. The van der Waals surface area contributed by atoms with E-state index in [1.54, 1.807) is 11.1 Å². The van der Waals surface area contributed by atoms with Crippen LogP contribution in [0.4, 0.5) is 0 Å². The molecule has 2 heterocycles. The number of nitrogens with zero attached hydrogens (tertiary/aromatic N) is 2. The third-order valence-corrected chi connectivity index (χ3v) is 4.49. The van der Waals surface area contributed by atoms with Crippen LogP contribution in [0.5, 0.6) is 5.75 Å². The summed E-state index contributed by atoms with van der Waals surface area (Å²) in [4.78, 5) is 21.5. The van der Waals surface area contributed by atoms with Gasteiger partial charge in [0.05, 0.1) is 0 Å². The molecule has 2 aromatic rings. The number of hydrogen-bond donors (Lipinski definition) is 2. The molecule has 128 valence electrons. The molecular formula is C18H23N3O3. The number of H-pyrrole nitrogens is 1. The molecule has 0 aliphatic carbocycles. The van der Waals surface area contributed by atoms with E-state index in [-0.39, 0.29) is 12.5 Å². The molecule has 6 heteroatoms. The van der Waals surface area contributed by atoms with Crippen LogP contribution in [0.1, 0.15) is 30.1 Å². The van der Waals surface area contributed by atoms with Crippen molar-refractivity contribution in [3.63, 3.8) is 0 Å². The lowest BCUT2D eigenvalue weighted by atomic mass is 9.96. The smallest absolute Gasteiger partial charge is 0.254 e. The highest BCUT2D eigenvalue weighted by Gasteiger charge is 2.28. The minimum Gasteiger partial charge on any atom is -0.490 e. The minimum absolute atomic E-state index is 0.0260. The fourth-order valence-electron chi connectivity index (χ4n) is 3.04. The van der Waals surface area contributed by atoms with Crippen molar-refractivity contribution in [3.05, 3.63) is 48.0 Å². The average molecular weight is 329 g/mol. The summed E-state index contributed by atoms with van der Waals surface area (Å²) in [6.45, 7) is 3.17. The number of imidazole rings is 1. The Morgan fingerprint density at radius 3 is 2.83 bits per heavy atom. The number of rotatable bonds is 5. The molecule has 3 rings (SSSR count). The molecule has 0 spiro atoms. The van der Waals surface area contributed by atoms with Crippen LogP contribution in [-0.2, 0) is 4.79 Å². The quantitative estimate of drug-likeness (QED) is 0.878. The predicted molar refractivity (Wildman–Crippen MR) is 89.8 cm³/mol. The lowest BCUT2D eigenvalue weighted by molar-refractivity contribution is -0.142. The number of hydrogen-bond acceptors (Lipinski definition) is 4. The summed E-state index contributed by atoms with van der Waals surface area (Å²) in [6.07, 6.45) is 4.14. The summed E-state index contributed by atoms with van der Waals surface area (Å²) in [5, 5.41) is 10.1. The van der Waals surface area contributed by atoms with Crippen LogP contribution in [0.2, 0.25) is 0 Å². The number of aliphatic hydroxyl groups is 1. The molecule has 0 unspecified atom stereocenters. The number of ether oxygens (including phenoxy) is 1. The molecule has 6 nitrogen and oxygen atoms in total. The van der Waals surface area contributed by atoms with Crippen molar-refractivity contribution in [1.82, 2.24) is 14.9 Å². The minimum atomic E-state index is -1.13. The van der Waals surface area contributed by atoms with E-state index in [1.165, 1.54) is 0 Å². The van der Waals surface area contributed by atoms with Crippen molar-refractivity contribution in [3.8, 4) is 5.75 Å². The van der Waals surface area contributed by atoms with Crippen LogP contribution in [-0.4, -0.2) is 51.7 Å². The first kappa shape index (κ1) is 16.5. The molecule has 0 radical (unpaired) electrons. The topological polar surface area (TPSA) is 78.5 Å². The van der Waals surface area contributed by atoms with Crippen LogP contribution < -0.4 is 4.74 Å². The van der Waals surface area contributed by atoms with E-state index < -0.39 is 6.10 Å². The largest absolute Gasteiger partial charge is 0.490 e. The van der Waals surface area contributed by atoms with Gasteiger partial charge in [0.25, 0.3) is 5.91 Å². The van der Waals surface area contributed by atoms with Gasteiger partial charge in [-0.2, -0.15) is 0 Å². The van der Waals surface area contributed by atoms with Crippen LogP contribution in [0.15, 0.2) is 36.7 Å². The van der Waals surface area contributed by atoms with Crippen LogP contribution >= 0.6 is 0 Å². The Morgan fingerprint density at radius 2 is 2.17 bits per heavy atom. The van der Waals surface area contributed by atoms with Crippen molar-refractivity contribution >= 4 is 5.91 Å². The highest BCUT2D eigenvalue weighted by atomic mass is 16.5. The molecule has 0 saturated carbocycles. The molecule has 1 amide bonds. The molecule has 1 saturated heterocycles. The first-order valence-corrected chi connectivity index (χ1v) is 8.29. The van der Waals surface area contributed by atoms with E-state index in [9.17, 15) is 9.90 Å². The molecule has 1 aliphatic rings. The fraction of sp³-hybridized carbons (Fsp3) is 0.444. The number of piperidine rings is 1. The number of para-hydroxylation sites is 1. The van der Waals surface area contributed by atoms with Gasteiger partial charge >= 0.3 is 0 Å². The van der Waals surface area contributed by atoms with Gasteiger partial charge in [-0.3, -0.25) is 4.79 Å². The van der Waals surface area contributed by atoms with Crippen LogP contribution in [0.25, 0.3) is 0 Å². The van der Waals surface area contributed by atoms with Gasteiger partial charge in [0.1, 0.15) is 18.2 Å². The zero-order valence-corrected chi connectivity index (χ0v) is 13.8. The fourth-order valence-corrected chi connectivity index (χ4v) is 3.04. The molecule has 1 aromatic heterocycles. The molecule has 24 heavy (non-hydrogen) atoms. The Hall–Kier alpha value is -2.34. The Balaban J connectivity index is 1.49. The Morgan fingerprint density at radius 1 is 1.42 bits per heavy atom. The molecule has 1 aromatic carbocycles. The number of aromatic nitrogens is 2. The molecule has 1 aliphatic heterocycles. The second kappa shape index (κ2) is 7.49. The number of amides is 1. The standard InChI is InChI=1S/C18H23N3O3/c1-13-4-2-3-5-16(13)24-12-15(22)18(23)21-10-6-14(7-11-21)17-19-8-9-20-17/h2-5,8-9,14-15,22H,6-7,10-12H2,1H3,(H,19,20)/t15-/m0/s1. The summed E-state index contributed by atoms with van der Waals surface area (Å²) >= 11 is 0. The van der Waals surface area contributed by atoms with Crippen LogP contribution in [0.3, 0.4) is 0 Å². The predicted octanol–water partition coefficient (Wildman–Crippen LogP) is 1.86. The van der Waals surface area contributed by atoms with Crippen molar-refractivity contribution in [1.29, 1.82) is 0 Å². The van der Waals surface area contributed by atoms with Gasteiger partial charge in [-0.05, 0) is 31.4 Å². The molecule has 0 bridgehead atoms.